The van der Waals surface area contributed by atoms with Crippen LogP contribution in [0.3, 0.4) is 0 Å². The third kappa shape index (κ3) is 3.20. The highest BCUT2D eigenvalue weighted by Gasteiger charge is 2.31. The van der Waals surface area contributed by atoms with Gasteiger partial charge in [-0.2, -0.15) is 4.98 Å². The Morgan fingerprint density at radius 1 is 1.27 bits per heavy atom. The predicted octanol–water partition coefficient (Wildman–Crippen LogP) is 2.87. The minimum Gasteiger partial charge on any atom is -0.351 e. The molecule has 2 aromatic rings. The Balaban J connectivity index is 1.59. The molecule has 0 aliphatic carbocycles. The number of urea groups is 1. The van der Waals surface area contributed by atoms with Crippen LogP contribution in [0.1, 0.15) is 18.4 Å². The maximum absolute atomic E-state index is 12.8. The molecule has 136 valence electrons. The summed E-state index contributed by atoms with van der Waals surface area (Å²) in [6.45, 7) is 2.39. The molecule has 8 heteroatoms. The van der Waals surface area contributed by atoms with E-state index >= 15 is 0 Å². The number of nitrogens with zero attached hydrogens (tertiary/aromatic N) is 4. The van der Waals surface area contributed by atoms with Crippen molar-refractivity contribution < 1.29 is 4.79 Å². The largest absolute Gasteiger partial charge is 0.351 e. The molecule has 3 heterocycles. The van der Waals surface area contributed by atoms with Gasteiger partial charge in [-0.25, -0.2) is 9.78 Å². The van der Waals surface area contributed by atoms with E-state index in [9.17, 15) is 4.79 Å². The monoisotopic (exact) mass is 372 g/mol. The number of carbonyl (C=O) groups is 1. The van der Waals surface area contributed by atoms with E-state index in [0.29, 0.717) is 35.1 Å². The molecule has 26 heavy (non-hydrogen) atoms. The van der Waals surface area contributed by atoms with E-state index in [1.54, 1.807) is 29.1 Å². The maximum atomic E-state index is 12.8. The molecule has 7 nitrogen and oxygen atoms in total. The molecule has 0 bridgehead atoms. The molecule has 2 aliphatic rings. The third-order valence-corrected chi connectivity index (χ3v) is 5.14. The molecule has 4 rings (SSSR count). The van der Waals surface area contributed by atoms with Crippen LogP contribution < -0.4 is 20.4 Å². The van der Waals surface area contributed by atoms with Crippen LogP contribution in [-0.4, -0.2) is 42.2 Å². The zero-order chi connectivity index (χ0) is 18.1. The number of aromatic nitrogens is 2. The second-order valence-electron chi connectivity index (χ2n) is 6.59. The van der Waals surface area contributed by atoms with Crippen molar-refractivity contribution in [1.29, 1.82) is 0 Å². The first-order valence-electron chi connectivity index (χ1n) is 8.76. The van der Waals surface area contributed by atoms with Crippen molar-refractivity contribution in [2.45, 2.75) is 25.4 Å². The first-order chi connectivity index (χ1) is 12.6. The Labute approximate surface area is 157 Å². The molecule has 0 spiro atoms. The molecule has 0 unspecified atom stereocenters. The predicted molar refractivity (Wildman–Crippen MR) is 103 cm³/mol. The molecule has 0 atom stereocenters. The van der Waals surface area contributed by atoms with Crippen molar-refractivity contribution in [3.8, 4) is 0 Å². The number of carbonyl (C=O) groups excluding carboxylic acids is 1. The fourth-order valence-electron chi connectivity index (χ4n) is 3.39. The molecule has 0 radical (unpaired) electrons. The minimum atomic E-state index is -0.155. The van der Waals surface area contributed by atoms with E-state index in [1.807, 2.05) is 18.2 Å². The van der Waals surface area contributed by atoms with Crippen LogP contribution in [0.4, 0.5) is 22.2 Å². The number of fused-ring (bicyclic) bond motifs is 1. The summed E-state index contributed by atoms with van der Waals surface area (Å²) in [4.78, 5) is 25.1. The molecule has 1 aromatic carbocycles. The first kappa shape index (κ1) is 17.1. The van der Waals surface area contributed by atoms with Crippen LogP contribution in [-0.2, 0) is 6.54 Å². The molecule has 1 aromatic heterocycles. The highest BCUT2D eigenvalue weighted by atomic mass is 35.5. The van der Waals surface area contributed by atoms with Gasteiger partial charge in [0, 0.05) is 24.8 Å². The number of amides is 2. The van der Waals surface area contributed by atoms with Crippen molar-refractivity contribution in [1.82, 2.24) is 15.3 Å². The number of anilines is 3. The second-order valence-corrected chi connectivity index (χ2v) is 7.00. The first-order valence-corrected chi connectivity index (χ1v) is 9.14. The quantitative estimate of drug-likeness (QED) is 0.866. The zero-order valence-corrected chi connectivity index (χ0v) is 15.3. The van der Waals surface area contributed by atoms with Crippen LogP contribution in [0.2, 0.25) is 5.02 Å². The lowest BCUT2D eigenvalue weighted by Crippen LogP contribution is -2.46. The highest BCUT2D eigenvalue weighted by Crippen LogP contribution is 2.33. The number of benzene rings is 1. The Kier molecular flexibility index (Phi) is 4.65. The number of hydrogen-bond acceptors (Lipinski definition) is 5. The zero-order valence-electron chi connectivity index (χ0n) is 14.6. The van der Waals surface area contributed by atoms with Gasteiger partial charge in [-0.3, -0.25) is 9.80 Å². The summed E-state index contributed by atoms with van der Waals surface area (Å²) in [5, 5.41) is 7.27. The molecule has 2 N–H and O–H groups in total. The molecule has 0 saturated carbocycles. The van der Waals surface area contributed by atoms with Crippen molar-refractivity contribution in [3.63, 3.8) is 0 Å². The average molecular weight is 373 g/mol. The lowest BCUT2D eigenvalue weighted by atomic mass is 10.1. The van der Waals surface area contributed by atoms with Gasteiger partial charge in [-0.15, -0.1) is 0 Å². The molecule has 2 amide bonds. The second kappa shape index (κ2) is 7.09. The van der Waals surface area contributed by atoms with E-state index in [4.69, 9.17) is 11.6 Å². The summed E-state index contributed by atoms with van der Waals surface area (Å²) in [6.07, 6.45) is 3.86. The summed E-state index contributed by atoms with van der Waals surface area (Å²) in [5.74, 6) is 1.21. The molecular weight excluding hydrogens is 352 g/mol. The minimum absolute atomic E-state index is 0.155. The Morgan fingerprint density at radius 2 is 2.04 bits per heavy atom. The summed E-state index contributed by atoms with van der Waals surface area (Å²) in [7, 11) is 1.73. The number of hydrogen-bond donors (Lipinski definition) is 2. The van der Waals surface area contributed by atoms with Gasteiger partial charge in [0.25, 0.3) is 0 Å². The van der Waals surface area contributed by atoms with Gasteiger partial charge >= 0.3 is 6.03 Å². The smallest absolute Gasteiger partial charge is 0.330 e. The van der Waals surface area contributed by atoms with Crippen LogP contribution >= 0.6 is 11.6 Å². The van der Waals surface area contributed by atoms with Crippen LogP contribution in [0.25, 0.3) is 0 Å². The van der Waals surface area contributed by atoms with E-state index < -0.39 is 0 Å². The van der Waals surface area contributed by atoms with Crippen LogP contribution in [0.5, 0.6) is 0 Å². The van der Waals surface area contributed by atoms with Gasteiger partial charge in [-0.05, 0) is 38.1 Å². The van der Waals surface area contributed by atoms with Gasteiger partial charge in [0.2, 0.25) is 5.95 Å². The normalized spacial score (nSPS) is 18.0. The van der Waals surface area contributed by atoms with E-state index in [2.05, 4.69) is 20.6 Å². The van der Waals surface area contributed by atoms with Gasteiger partial charge in [0.1, 0.15) is 5.82 Å². The van der Waals surface area contributed by atoms with Gasteiger partial charge in [-0.1, -0.05) is 23.7 Å². The number of piperidine rings is 1. The topological polar surface area (TPSA) is 73.4 Å². The lowest BCUT2D eigenvalue weighted by Gasteiger charge is -2.34. The Bertz CT molecular complexity index is 823. The summed E-state index contributed by atoms with van der Waals surface area (Å²) < 4.78 is 0. The van der Waals surface area contributed by atoms with Gasteiger partial charge < -0.3 is 10.6 Å². The molecule has 2 aliphatic heterocycles. The van der Waals surface area contributed by atoms with Crippen molar-refractivity contribution in [2.75, 3.05) is 35.3 Å². The van der Waals surface area contributed by atoms with Crippen molar-refractivity contribution in [2.24, 2.45) is 0 Å². The van der Waals surface area contributed by atoms with Crippen molar-refractivity contribution in [3.05, 3.63) is 41.0 Å². The third-order valence-electron chi connectivity index (χ3n) is 4.82. The Hall–Kier alpha value is -2.38. The number of halogens is 1. The summed E-state index contributed by atoms with van der Waals surface area (Å²) in [6, 6.07) is 7.54. The SMILES string of the molecule is CN1C(=O)N(c2ccccc2Cl)Cc2cnc(NC3CCNCC3)nc21. The molecule has 1 fully saturated rings. The number of rotatable bonds is 3. The van der Waals surface area contributed by atoms with E-state index in [0.717, 1.165) is 31.5 Å². The van der Waals surface area contributed by atoms with Gasteiger partial charge in [0.15, 0.2) is 0 Å². The molecule has 1 saturated heterocycles. The maximum Gasteiger partial charge on any atom is 0.330 e. The Morgan fingerprint density at radius 3 is 2.81 bits per heavy atom. The van der Waals surface area contributed by atoms with Crippen molar-refractivity contribution >= 4 is 35.1 Å². The van der Waals surface area contributed by atoms with E-state index in [1.165, 1.54) is 0 Å². The molecular formula is C18H21ClN6O. The summed E-state index contributed by atoms with van der Waals surface area (Å²) >= 11 is 6.27. The van der Waals surface area contributed by atoms with Crippen LogP contribution in [0, 0.1) is 0 Å². The van der Waals surface area contributed by atoms with E-state index in [-0.39, 0.29) is 6.03 Å². The van der Waals surface area contributed by atoms with Crippen LogP contribution in [0.15, 0.2) is 30.5 Å². The summed E-state index contributed by atoms with van der Waals surface area (Å²) in [5.41, 5.74) is 1.58. The number of nitrogens with one attached hydrogen (secondary N) is 2. The van der Waals surface area contributed by atoms with Gasteiger partial charge in [0.05, 0.1) is 17.3 Å². The standard InChI is InChI=1S/C18H21ClN6O/c1-24-16-12(10-21-17(23-16)22-13-6-8-20-9-7-13)11-25(18(24)26)15-5-3-2-4-14(15)19/h2-5,10,13,20H,6-9,11H2,1H3,(H,21,22,23). The fourth-order valence-corrected chi connectivity index (χ4v) is 3.62. The highest BCUT2D eigenvalue weighted by molar-refractivity contribution is 6.34. The lowest BCUT2D eigenvalue weighted by molar-refractivity contribution is 0.251. The number of para-hydroxylation sites is 1. The fraction of sp³-hybridized carbons (Fsp3) is 0.389. The average Bonchev–Trinajstić information content (AvgIpc) is 2.66.